The van der Waals surface area contributed by atoms with Crippen molar-refractivity contribution in [3.63, 3.8) is 0 Å². The second-order valence-corrected chi connectivity index (χ2v) is 7.62. The number of hydrogen-bond acceptors (Lipinski definition) is 2. The minimum absolute atomic E-state index is 0.284. The lowest BCUT2D eigenvalue weighted by Crippen LogP contribution is -2.19. The summed E-state index contributed by atoms with van der Waals surface area (Å²) >= 11 is 1.72. The molecule has 2 aromatic rings. The van der Waals surface area contributed by atoms with Crippen LogP contribution in [0.15, 0.2) is 42.1 Å². The molecule has 1 nitrogen and oxygen atoms in total. The molecule has 2 rings (SSSR count). The van der Waals surface area contributed by atoms with Gasteiger partial charge in [0.2, 0.25) is 0 Å². The summed E-state index contributed by atoms with van der Waals surface area (Å²) in [4.78, 5) is 0. The predicted molar refractivity (Wildman–Crippen MR) is 119 cm³/mol. The van der Waals surface area contributed by atoms with Crippen LogP contribution in [0, 0.1) is 0 Å². The van der Waals surface area contributed by atoms with E-state index in [1.165, 1.54) is 39.8 Å². The van der Waals surface area contributed by atoms with Crippen LogP contribution < -0.4 is 5.32 Å². The molecule has 140 valence electrons. The molecular weight excluding hydrogens is 334 g/mol. The van der Waals surface area contributed by atoms with E-state index in [2.05, 4.69) is 75.1 Å². The van der Waals surface area contributed by atoms with E-state index in [1.807, 2.05) is 0 Å². The van der Waals surface area contributed by atoms with E-state index < -0.39 is 0 Å². The van der Waals surface area contributed by atoms with Crippen LogP contribution in [-0.4, -0.2) is 0 Å². The first kappa shape index (κ1) is 20.5. The zero-order chi connectivity index (χ0) is 19.1. The molecule has 0 aliphatic heterocycles. The molecule has 0 saturated heterocycles. The SMILES string of the molecule is C=C(CC)c1cscc1C(=C)NC(CC)c1ccc(CC)c(CCC)c1. The lowest BCUT2D eigenvalue weighted by molar-refractivity contribution is 0.613. The monoisotopic (exact) mass is 367 g/mol. The molecule has 0 spiro atoms. The molecule has 0 aliphatic rings. The summed E-state index contributed by atoms with van der Waals surface area (Å²) in [6.07, 6.45) is 5.44. The predicted octanol–water partition coefficient (Wildman–Crippen LogP) is 7.40. The Hall–Kier alpha value is -1.80. The van der Waals surface area contributed by atoms with E-state index >= 15 is 0 Å². The van der Waals surface area contributed by atoms with Gasteiger partial charge in [0.15, 0.2) is 0 Å². The number of nitrogens with one attached hydrogen (secondary N) is 1. The van der Waals surface area contributed by atoms with Gasteiger partial charge in [-0.2, -0.15) is 11.3 Å². The van der Waals surface area contributed by atoms with Gasteiger partial charge in [0.25, 0.3) is 0 Å². The number of allylic oxidation sites excluding steroid dienone is 1. The molecule has 0 saturated carbocycles. The van der Waals surface area contributed by atoms with Crippen molar-refractivity contribution in [2.24, 2.45) is 0 Å². The Balaban J connectivity index is 2.24. The van der Waals surface area contributed by atoms with Crippen LogP contribution in [0.25, 0.3) is 11.3 Å². The summed E-state index contributed by atoms with van der Waals surface area (Å²) in [5.74, 6) is 0. The molecule has 0 radical (unpaired) electrons. The first-order valence-electron chi connectivity index (χ1n) is 9.87. The highest BCUT2D eigenvalue weighted by Gasteiger charge is 2.15. The quantitative estimate of drug-likeness (QED) is 0.461. The molecule has 1 unspecified atom stereocenters. The van der Waals surface area contributed by atoms with Gasteiger partial charge < -0.3 is 5.32 Å². The van der Waals surface area contributed by atoms with Crippen molar-refractivity contribution < 1.29 is 0 Å². The fourth-order valence-electron chi connectivity index (χ4n) is 3.41. The maximum absolute atomic E-state index is 4.33. The number of benzene rings is 1. The molecule has 1 aromatic carbocycles. The average molecular weight is 368 g/mol. The molecule has 1 heterocycles. The number of thiophene rings is 1. The van der Waals surface area contributed by atoms with Crippen LogP contribution in [0.4, 0.5) is 0 Å². The summed E-state index contributed by atoms with van der Waals surface area (Å²) in [5.41, 5.74) is 8.93. The fourth-order valence-corrected chi connectivity index (χ4v) is 4.32. The second-order valence-electron chi connectivity index (χ2n) is 6.87. The molecule has 1 N–H and O–H groups in total. The zero-order valence-electron chi connectivity index (χ0n) is 16.8. The largest absolute Gasteiger partial charge is 0.378 e. The van der Waals surface area contributed by atoms with Crippen molar-refractivity contribution in [3.05, 3.63) is 69.9 Å². The number of rotatable bonds is 10. The first-order valence-corrected chi connectivity index (χ1v) is 10.8. The highest BCUT2D eigenvalue weighted by atomic mass is 32.1. The van der Waals surface area contributed by atoms with Crippen LogP contribution >= 0.6 is 11.3 Å². The molecule has 0 amide bonds. The average Bonchev–Trinajstić information content (AvgIpc) is 3.15. The molecule has 0 bridgehead atoms. The van der Waals surface area contributed by atoms with Gasteiger partial charge in [-0.15, -0.1) is 0 Å². The Morgan fingerprint density at radius 3 is 2.38 bits per heavy atom. The molecule has 0 fully saturated rings. The van der Waals surface area contributed by atoms with Gasteiger partial charge in [-0.3, -0.25) is 0 Å². The molecule has 2 heteroatoms. The summed E-state index contributed by atoms with van der Waals surface area (Å²) < 4.78 is 0. The maximum Gasteiger partial charge on any atom is 0.0511 e. The van der Waals surface area contributed by atoms with Gasteiger partial charge in [0.05, 0.1) is 6.04 Å². The molecular formula is C24H33NS. The third kappa shape index (κ3) is 4.67. The molecule has 0 aliphatic carbocycles. The Kier molecular flexibility index (Phi) is 7.71. The summed E-state index contributed by atoms with van der Waals surface area (Å²) in [7, 11) is 0. The lowest BCUT2D eigenvalue weighted by atomic mass is 9.94. The van der Waals surface area contributed by atoms with Crippen molar-refractivity contribution >= 4 is 22.6 Å². The molecule has 1 aromatic heterocycles. The first-order chi connectivity index (χ1) is 12.5. The van der Waals surface area contributed by atoms with Gasteiger partial charge in [-0.1, -0.05) is 65.5 Å². The van der Waals surface area contributed by atoms with Crippen LogP contribution in [0.1, 0.15) is 80.8 Å². The highest BCUT2D eigenvalue weighted by molar-refractivity contribution is 7.08. The van der Waals surface area contributed by atoms with Gasteiger partial charge in [0, 0.05) is 16.6 Å². The second kappa shape index (κ2) is 9.78. The fraction of sp³-hybridized carbons (Fsp3) is 0.417. The van der Waals surface area contributed by atoms with Gasteiger partial charge in [-0.25, -0.2) is 0 Å². The van der Waals surface area contributed by atoms with E-state index in [1.54, 1.807) is 11.3 Å². The summed E-state index contributed by atoms with van der Waals surface area (Å²) in [6, 6.07) is 7.27. The van der Waals surface area contributed by atoms with Gasteiger partial charge in [0.1, 0.15) is 0 Å². The molecule has 1 atom stereocenters. The summed E-state index contributed by atoms with van der Waals surface area (Å²) in [6.45, 7) is 17.4. The minimum Gasteiger partial charge on any atom is -0.378 e. The minimum atomic E-state index is 0.284. The van der Waals surface area contributed by atoms with Gasteiger partial charge >= 0.3 is 0 Å². The highest BCUT2D eigenvalue weighted by Crippen LogP contribution is 2.30. The number of hydrogen-bond donors (Lipinski definition) is 1. The van der Waals surface area contributed by atoms with E-state index in [0.29, 0.717) is 0 Å². The van der Waals surface area contributed by atoms with Crippen LogP contribution in [0.2, 0.25) is 0 Å². The zero-order valence-corrected chi connectivity index (χ0v) is 17.6. The number of aryl methyl sites for hydroxylation is 2. The van der Waals surface area contributed by atoms with Crippen LogP contribution in [0.5, 0.6) is 0 Å². The van der Waals surface area contributed by atoms with Crippen molar-refractivity contribution in [2.45, 2.75) is 65.8 Å². The Bertz CT molecular complexity index is 753. The van der Waals surface area contributed by atoms with Crippen LogP contribution in [0.3, 0.4) is 0 Å². The van der Waals surface area contributed by atoms with Crippen molar-refractivity contribution in [3.8, 4) is 0 Å². The third-order valence-corrected chi connectivity index (χ3v) is 5.83. The van der Waals surface area contributed by atoms with Crippen molar-refractivity contribution in [1.82, 2.24) is 5.32 Å². The summed E-state index contributed by atoms with van der Waals surface area (Å²) in [5, 5.41) is 8.05. The van der Waals surface area contributed by atoms with E-state index in [9.17, 15) is 0 Å². The van der Waals surface area contributed by atoms with E-state index in [-0.39, 0.29) is 6.04 Å². The Morgan fingerprint density at radius 2 is 1.77 bits per heavy atom. The Morgan fingerprint density at radius 1 is 1.04 bits per heavy atom. The molecule has 26 heavy (non-hydrogen) atoms. The van der Waals surface area contributed by atoms with E-state index in [4.69, 9.17) is 0 Å². The van der Waals surface area contributed by atoms with Crippen molar-refractivity contribution in [2.75, 3.05) is 0 Å². The maximum atomic E-state index is 4.33. The normalized spacial score (nSPS) is 12.0. The Labute approximate surface area is 163 Å². The smallest absolute Gasteiger partial charge is 0.0511 e. The van der Waals surface area contributed by atoms with Crippen molar-refractivity contribution in [1.29, 1.82) is 0 Å². The standard InChI is InChI=1S/C24H33NS/c1-7-11-20-14-21(13-12-19(20)9-3)24(10-4)25-18(6)23-16-26-15-22(23)17(5)8-2/h12-16,24-25H,5-11H2,1-4H3. The van der Waals surface area contributed by atoms with Crippen LogP contribution in [-0.2, 0) is 12.8 Å². The van der Waals surface area contributed by atoms with E-state index in [0.717, 1.165) is 31.4 Å². The topological polar surface area (TPSA) is 12.0 Å². The third-order valence-electron chi connectivity index (χ3n) is 5.08. The lowest BCUT2D eigenvalue weighted by Gasteiger charge is -2.22. The van der Waals surface area contributed by atoms with Gasteiger partial charge in [-0.05, 0) is 58.9 Å².